The number of likely N-dealkylation sites (N-methyl/N-ethyl adjacent to an activating group) is 1. The molecule has 0 aliphatic rings. The zero-order chi connectivity index (χ0) is 20.4. The Hall–Kier alpha value is -2.45. The van der Waals surface area contributed by atoms with Gasteiger partial charge in [0.15, 0.2) is 5.78 Å². The summed E-state index contributed by atoms with van der Waals surface area (Å²) in [6, 6.07) is 6.98. The van der Waals surface area contributed by atoms with Crippen molar-refractivity contribution in [2.45, 2.75) is 38.6 Å². The summed E-state index contributed by atoms with van der Waals surface area (Å²) < 4.78 is 31.6. The molecule has 2 rings (SSSR count). The van der Waals surface area contributed by atoms with Crippen LogP contribution in [0.25, 0.3) is 0 Å². The second-order valence-electron chi connectivity index (χ2n) is 6.22. The summed E-state index contributed by atoms with van der Waals surface area (Å²) in [5.74, 6) is -0.936. The highest BCUT2D eigenvalue weighted by atomic mass is 32.2. The fourth-order valence-corrected chi connectivity index (χ4v) is 4.21. The van der Waals surface area contributed by atoms with Crippen LogP contribution in [0.15, 0.2) is 35.2 Å². The fraction of sp³-hybridized carbons (Fsp3) is 0.368. The molecular weight excluding hydrogens is 368 g/mol. The fourth-order valence-electron chi connectivity index (χ4n) is 2.87. The number of esters is 1. The molecule has 1 aromatic heterocycles. The molecular formula is C19H24N2O5S. The topological polar surface area (TPSA) is 96.5 Å². The molecule has 2 aromatic rings. The zero-order valence-electron chi connectivity index (χ0n) is 16.1. The molecule has 7 nitrogen and oxygen atoms in total. The lowest BCUT2D eigenvalue weighted by molar-refractivity contribution is 0.0519. The molecule has 0 amide bonds. The van der Waals surface area contributed by atoms with Gasteiger partial charge in [0, 0.05) is 18.3 Å². The number of ketones is 1. The van der Waals surface area contributed by atoms with E-state index in [2.05, 4.69) is 4.98 Å². The summed E-state index contributed by atoms with van der Waals surface area (Å²) in [5, 5.41) is 0. The first-order valence-corrected chi connectivity index (χ1v) is 10.0. The molecule has 8 heteroatoms. The number of ether oxygens (including phenoxy) is 1. The number of Topliss-reactive ketones (excluding diaryl/α,β-unsaturated/α-hetero) is 1. The van der Waals surface area contributed by atoms with Gasteiger partial charge in [0.25, 0.3) is 0 Å². The van der Waals surface area contributed by atoms with E-state index < -0.39 is 22.0 Å². The number of rotatable bonds is 7. The molecule has 146 valence electrons. The summed E-state index contributed by atoms with van der Waals surface area (Å²) in [7, 11) is -2.45. The maximum absolute atomic E-state index is 13.0. The van der Waals surface area contributed by atoms with Gasteiger partial charge in [-0.1, -0.05) is 18.2 Å². The summed E-state index contributed by atoms with van der Waals surface area (Å²) in [6.45, 7) is 6.75. The van der Waals surface area contributed by atoms with Gasteiger partial charge in [-0.05, 0) is 45.4 Å². The Morgan fingerprint density at radius 2 is 1.78 bits per heavy atom. The van der Waals surface area contributed by atoms with Crippen molar-refractivity contribution in [1.82, 2.24) is 9.29 Å². The molecule has 1 aromatic carbocycles. The normalized spacial score (nSPS) is 12.8. The van der Waals surface area contributed by atoms with Crippen LogP contribution in [0.2, 0.25) is 0 Å². The number of nitrogens with zero attached hydrogens (tertiary/aromatic N) is 1. The maximum Gasteiger partial charge on any atom is 0.355 e. The van der Waals surface area contributed by atoms with E-state index in [1.807, 2.05) is 0 Å². The Balaban J connectivity index is 2.36. The first-order chi connectivity index (χ1) is 12.6. The number of aryl methyl sites for hydroxylation is 1. The smallest absolute Gasteiger partial charge is 0.355 e. The third-order valence-electron chi connectivity index (χ3n) is 4.51. The van der Waals surface area contributed by atoms with Gasteiger partial charge < -0.3 is 9.72 Å². The number of aromatic amines is 1. The van der Waals surface area contributed by atoms with Gasteiger partial charge in [0.05, 0.1) is 17.5 Å². The van der Waals surface area contributed by atoms with Crippen LogP contribution < -0.4 is 0 Å². The number of aromatic nitrogens is 1. The largest absolute Gasteiger partial charge is 0.461 e. The van der Waals surface area contributed by atoms with E-state index in [1.165, 1.54) is 26.1 Å². The predicted molar refractivity (Wildman–Crippen MR) is 101 cm³/mol. The first-order valence-electron chi connectivity index (χ1n) is 8.56. The van der Waals surface area contributed by atoms with Crippen molar-refractivity contribution >= 4 is 21.8 Å². The molecule has 0 bridgehead atoms. The molecule has 0 saturated heterocycles. The molecule has 27 heavy (non-hydrogen) atoms. The highest BCUT2D eigenvalue weighted by Crippen LogP contribution is 2.24. The van der Waals surface area contributed by atoms with Gasteiger partial charge in [-0.2, -0.15) is 4.31 Å². The van der Waals surface area contributed by atoms with Crippen molar-refractivity contribution in [3.63, 3.8) is 0 Å². The molecule has 0 radical (unpaired) electrons. The molecule has 0 aliphatic carbocycles. The molecule has 1 heterocycles. The molecule has 1 N–H and O–H groups in total. The van der Waals surface area contributed by atoms with Crippen LogP contribution in [0, 0.1) is 13.8 Å². The van der Waals surface area contributed by atoms with E-state index in [1.54, 1.807) is 39.0 Å². The quantitative estimate of drug-likeness (QED) is 0.577. The molecule has 0 aliphatic heterocycles. The molecule has 1 atom stereocenters. The van der Waals surface area contributed by atoms with Gasteiger partial charge in [-0.15, -0.1) is 0 Å². The van der Waals surface area contributed by atoms with Crippen LogP contribution in [0.3, 0.4) is 0 Å². The molecule has 0 spiro atoms. The van der Waals surface area contributed by atoms with Gasteiger partial charge in [-0.3, -0.25) is 4.79 Å². The number of nitrogens with one attached hydrogen (secondary N) is 1. The second-order valence-corrected chi connectivity index (χ2v) is 8.22. The highest BCUT2D eigenvalue weighted by Gasteiger charge is 2.33. The number of H-pyrrole nitrogens is 1. The minimum absolute atomic E-state index is 0.113. The highest BCUT2D eigenvalue weighted by molar-refractivity contribution is 7.89. The number of carbonyl (C=O) groups excluding carboxylic acids is 2. The third-order valence-corrected chi connectivity index (χ3v) is 6.45. The van der Waals surface area contributed by atoms with Crippen molar-refractivity contribution in [1.29, 1.82) is 0 Å². The molecule has 0 unspecified atom stereocenters. The van der Waals surface area contributed by atoms with Crippen molar-refractivity contribution in [2.24, 2.45) is 0 Å². The van der Waals surface area contributed by atoms with Crippen LogP contribution >= 0.6 is 0 Å². The number of sulfonamides is 1. The number of hydrogen-bond donors (Lipinski definition) is 1. The van der Waals surface area contributed by atoms with Crippen LogP contribution in [-0.4, -0.2) is 49.2 Å². The van der Waals surface area contributed by atoms with Gasteiger partial charge in [0.1, 0.15) is 5.69 Å². The van der Waals surface area contributed by atoms with Gasteiger partial charge in [0.2, 0.25) is 10.0 Å². The van der Waals surface area contributed by atoms with E-state index in [9.17, 15) is 18.0 Å². The Morgan fingerprint density at radius 3 is 2.33 bits per heavy atom. The summed E-state index contributed by atoms with van der Waals surface area (Å²) in [4.78, 5) is 28.0. The Labute approximate surface area is 159 Å². The second kappa shape index (κ2) is 8.06. The van der Waals surface area contributed by atoms with Crippen molar-refractivity contribution < 1.29 is 22.7 Å². The number of carbonyl (C=O) groups is 2. The molecule has 0 saturated carbocycles. The van der Waals surface area contributed by atoms with Crippen molar-refractivity contribution in [3.8, 4) is 0 Å². The summed E-state index contributed by atoms with van der Waals surface area (Å²) >= 11 is 0. The van der Waals surface area contributed by atoms with Crippen LogP contribution in [0.1, 0.15) is 46.0 Å². The van der Waals surface area contributed by atoms with Gasteiger partial charge >= 0.3 is 5.97 Å². The average Bonchev–Trinajstić information content (AvgIpc) is 2.95. The summed E-state index contributed by atoms with van der Waals surface area (Å²) in [6.07, 6.45) is 0. The van der Waals surface area contributed by atoms with Crippen molar-refractivity contribution in [2.75, 3.05) is 13.7 Å². The van der Waals surface area contributed by atoms with E-state index in [0.717, 1.165) is 4.31 Å². The minimum atomic E-state index is -3.82. The van der Waals surface area contributed by atoms with Gasteiger partial charge in [-0.25, -0.2) is 13.2 Å². The number of hydrogen-bond acceptors (Lipinski definition) is 5. The lowest BCUT2D eigenvalue weighted by atomic mass is 10.0. The maximum atomic E-state index is 13.0. The molecule has 0 fully saturated rings. The van der Waals surface area contributed by atoms with E-state index in [0.29, 0.717) is 16.8 Å². The summed E-state index contributed by atoms with van der Waals surface area (Å²) in [5.41, 5.74) is 1.46. The lowest BCUT2D eigenvalue weighted by Crippen LogP contribution is -2.40. The van der Waals surface area contributed by atoms with E-state index in [-0.39, 0.29) is 23.0 Å². The zero-order valence-corrected chi connectivity index (χ0v) is 16.9. The van der Waals surface area contributed by atoms with Crippen LogP contribution in [0.4, 0.5) is 0 Å². The van der Waals surface area contributed by atoms with E-state index >= 15 is 0 Å². The van der Waals surface area contributed by atoms with E-state index in [4.69, 9.17) is 4.74 Å². The number of benzene rings is 1. The minimum Gasteiger partial charge on any atom is -0.461 e. The van der Waals surface area contributed by atoms with Crippen LogP contribution in [0.5, 0.6) is 0 Å². The monoisotopic (exact) mass is 392 g/mol. The average molecular weight is 392 g/mol. The first kappa shape index (κ1) is 20.9. The Bertz CT molecular complexity index is 948. The van der Waals surface area contributed by atoms with Crippen LogP contribution in [-0.2, 0) is 14.8 Å². The predicted octanol–water partition coefficient (Wildman–Crippen LogP) is 2.70. The SMILES string of the molecule is CCOC(=O)c1[nH]c(C)c(C(=O)[C@@H](C)N(C)S(=O)(=O)c2ccccc2)c1C. The van der Waals surface area contributed by atoms with Crippen molar-refractivity contribution in [3.05, 3.63) is 52.8 Å². The third kappa shape index (κ3) is 3.96. The Morgan fingerprint density at radius 1 is 1.19 bits per heavy atom. The lowest BCUT2D eigenvalue weighted by Gasteiger charge is -2.23. The Kier molecular flexibility index (Phi) is 6.22. The standard InChI is InChI=1S/C19H24N2O5S/c1-6-26-19(23)17-12(2)16(13(3)20-17)18(22)14(4)21(5)27(24,25)15-10-8-7-9-11-15/h7-11,14,20H,6H2,1-5H3/t14-/m1/s1.